The molecule has 3 aromatic rings. The number of carbonyl (C=O) groups excluding carboxylic acids is 1. The number of aliphatic hydroxyl groups is 1. The van der Waals surface area contributed by atoms with Crippen LogP contribution < -0.4 is 10.1 Å². The number of aliphatic hydroxyl groups excluding tert-OH is 1. The van der Waals surface area contributed by atoms with Crippen molar-refractivity contribution in [1.29, 1.82) is 0 Å². The molecule has 1 atom stereocenters. The van der Waals surface area contributed by atoms with Crippen molar-refractivity contribution in [1.82, 2.24) is 10.3 Å². The molecule has 1 saturated carbocycles. The average molecular weight is 376 g/mol. The Balaban J connectivity index is 1.75. The number of methoxy groups -OCH3 is 1. The third-order valence-electron chi connectivity index (χ3n) is 5.53. The Labute approximate surface area is 164 Å². The Bertz CT molecular complexity index is 1050. The highest BCUT2D eigenvalue weighted by Gasteiger charge is 2.47. The summed E-state index contributed by atoms with van der Waals surface area (Å²) in [5.41, 5.74) is 3.73. The first-order valence-corrected chi connectivity index (χ1v) is 9.48. The van der Waals surface area contributed by atoms with Crippen LogP contribution in [0, 0.1) is 6.92 Å². The third-order valence-corrected chi connectivity index (χ3v) is 5.53. The van der Waals surface area contributed by atoms with Crippen molar-refractivity contribution in [3.05, 3.63) is 70.9 Å². The molecule has 144 valence electrons. The number of carbonyl (C=O) groups is 1. The van der Waals surface area contributed by atoms with Crippen LogP contribution in [0.3, 0.4) is 0 Å². The van der Waals surface area contributed by atoms with E-state index in [0.717, 1.165) is 40.4 Å². The highest BCUT2D eigenvalue weighted by atomic mass is 16.5. The van der Waals surface area contributed by atoms with E-state index in [0.29, 0.717) is 11.3 Å². The molecule has 0 aliphatic heterocycles. The van der Waals surface area contributed by atoms with E-state index < -0.39 is 11.6 Å². The van der Waals surface area contributed by atoms with Crippen molar-refractivity contribution in [2.24, 2.45) is 0 Å². The van der Waals surface area contributed by atoms with Gasteiger partial charge in [0.15, 0.2) is 0 Å². The molecule has 1 unspecified atom stereocenters. The number of aromatic nitrogens is 1. The minimum absolute atomic E-state index is 0.117. The van der Waals surface area contributed by atoms with Gasteiger partial charge < -0.3 is 15.2 Å². The first kappa shape index (κ1) is 18.4. The van der Waals surface area contributed by atoms with E-state index in [1.807, 2.05) is 43.3 Å². The van der Waals surface area contributed by atoms with Crippen LogP contribution in [0.15, 0.2) is 48.7 Å². The van der Waals surface area contributed by atoms with Gasteiger partial charge in [0.1, 0.15) is 5.75 Å². The molecule has 28 heavy (non-hydrogen) atoms. The Hall–Kier alpha value is -2.92. The van der Waals surface area contributed by atoms with Gasteiger partial charge in [-0.05, 0) is 67.6 Å². The predicted octanol–water partition coefficient (Wildman–Crippen LogP) is 4.02. The van der Waals surface area contributed by atoms with Gasteiger partial charge in [0.05, 0.1) is 24.3 Å². The summed E-state index contributed by atoms with van der Waals surface area (Å²) in [6.07, 6.45) is 2.86. The molecule has 0 spiro atoms. The quantitative estimate of drug-likeness (QED) is 0.705. The molecule has 5 nitrogen and oxygen atoms in total. The number of pyridine rings is 1. The van der Waals surface area contributed by atoms with Crippen LogP contribution in [0.5, 0.6) is 5.75 Å². The number of ether oxygens (including phenoxy) is 1. The number of benzene rings is 2. The van der Waals surface area contributed by atoms with Crippen LogP contribution in [-0.2, 0) is 5.54 Å². The minimum Gasteiger partial charge on any atom is -0.497 e. The summed E-state index contributed by atoms with van der Waals surface area (Å²) in [7, 11) is 1.59. The van der Waals surface area contributed by atoms with Crippen molar-refractivity contribution >= 4 is 16.8 Å². The van der Waals surface area contributed by atoms with Crippen molar-refractivity contribution in [3.63, 3.8) is 0 Å². The lowest BCUT2D eigenvalue weighted by molar-refractivity contribution is 0.0930. The van der Waals surface area contributed by atoms with Crippen LogP contribution in [0.25, 0.3) is 10.9 Å². The molecular formula is C23H24N2O3. The second-order valence-corrected chi connectivity index (χ2v) is 7.53. The molecule has 1 aliphatic rings. The Kier molecular flexibility index (Phi) is 4.55. The zero-order valence-electron chi connectivity index (χ0n) is 16.3. The lowest BCUT2D eigenvalue weighted by Gasteiger charge is -2.22. The molecule has 0 bridgehead atoms. The zero-order valence-corrected chi connectivity index (χ0v) is 16.3. The molecule has 2 N–H and O–H groups in total. The van der Waals surface area contributed by atoms with Gasteiger partial charge in [0.25, 0.3) is 5.91 Å². The Morgan fingerprint density at radius 1 is 1.25 bits per heavy atom. The monoisotopic (exact) mass is 376 g/mol. The van der Waals surface area contributed by atoms with Gasteiger partial charge in [0, 0.05) is 17.1 Å². The number of nitrogens with one attached hydrogen (secondary N) is 1. The van der Waals surface area contributed by atoms with Gasteiger partial charge in [-0.1, -0.05) is 18.2 Å². The van der Waals surface area contributed by atoms with E-state index in [1.165, 1.54) is 0 Å². The van der Waals surface area contributed by atoms with Gasteiger partial charge in [-0.3, -0.25) is 9.78 Å². The normalized spacial score (nSPS) is 15.9. The molecule has 1 heterocycles. The summed E-state index contributed by atoms with van der Waals surface area (Å²) in [5.74, 6) is 0.541. The van der Waals surface area contributed by atoms with Gasteiger partial charge >= 0.3 is 0 Å². The second-order valence-electron chi connectivity index (χ2n) is 7.53. The van der Waals surface area contributed by atoms with E-state index in [2.05, 4.69) is 10.3 Å². The minimum atomic E-state index is -0.600. The maximum atomic E-state index is 13.1. The number of rotatable bonds is 5. The molecule has 0 saturated heterocycles. The number of amides is 1. The molecule has 1 fully saturated rings. The predicted molar refractivity (Wildman–Crippen MR) is 108 cm³/mol. The van der Waals surface area contributed by atoms with Gasteiger partial charge in [-0.15, -0.1) is 0 Å². The second kappa shape index (κ2) is 6.91. The molecule has 1 aliphatic carbocycles. The van der Waals surface area contributed by atoms with E-state index in [1.54, 1.807) is 26.3 Å². The maximum absolute atomic E-state index is 13.1. The molecule has 1 amide bonds. The maximum Gasteiger partial charge on any atom is 0.252 e. The summed E-state index contributed by atoms with van der Waals surface area (Å²) in [6.45, 7) is 3.66. The summed E-state index contributed by atoms with van der Waals surface area (Å²) in [5, 5.41) is 14.4. The lowest BCUT2D eigenvalue weighted by Crippen LogP contribution is -2.35. The van der Waals surface area contributed by atoms with Gasteiger partial charge in [-0.25, -0.2) is 0 Å². The molecule has 2 aromatic carbocycles. The van der Waals surface area contributed by atoms with Crippen molar-refractivity contribution in [3.8, 4) is 5.75 Å². The number of hydrogen-bond donors (Lipinski definition) is 2. The van der Waals surface area contributed by atoms with E-state index in [-0.39, 0.29) is 5.91 Å². The van der Waals surface area contributed by atoms with E-state index in [9.17, 15) is 9.90 Å². The van der Waals surface area contributed by atoms with Crippen LogP contribution in [0.4, 0.5) is 0 Å². The SMILES string of the molecule is COc1ccc(C)c(C(=O)NC2(c3cc(C(C)O)cc4ncccc34)CC2)c1. The summed E-state index contributed by atoms with van der Waals surface area (Å²) in [6, 6.07) is 13.3. The molecular weight excluding hydrogens is 352 g/mol. The van der Waals surface area contributed by atoms with Gasteiger partial charge in [0.2, 0.25) is 0 Å². The van der Waals surface area contributed by atoms with Crippen LogP contribution in [0.1, 0.15) is 52.9 Å². The highest BCUT2D eigenvalue weighted by molar-refractivity contribution is 5.97. The third kappa shape index (κ3) is 3.22. The highest BCUT2D eigenvalue weighted by Crippen LogP contribution is 2.48. The summed E-state index contributed by atoms with van der Waals surface area (Å²) < 4.78 is 5.27. The van der Waals surface area contributed by atoms with Crippen LogP contribution in [0.2, 0.25) is 0 Å². The molecule has 5 heteroatoms. The van der Waals surface area contributed by atoms with Crippen LogP contribution >= 0.6 is 0 Å². The number of aryl methyl sites for hydroxylation is 1. The Morgan fingerprint density at radius 3 is 2.71 bits per heavy atom. The van der Waals surface area contributed by atoms with Crippen LogP contribution in [-0.4, -0.2) is 23.1 Å². The average Bonchev–Trinajstić information content (AvgIpc) is 3.47. The van der Waals surface area contributed by atoms with E-state index >= 15 is 0 Å². The number of hydrogen-bond acceptors (Lipinski definition) is 4. The zero-order chi connectivity index (χ0) is 19.9. The van der Waals surface area contributed by atoms with Gasteiger partial charge in [-0.2, -0.15) is 0 Å². The fraction of sp³-hybridized carbons (Fsp3) is 0.304. The standard InChI is InChI=1S/C23H24N2O3/c1-14-6-7-17(28-3)13-19(14)22(27)25-23(8-9-23)20-11-16(15(2)26)12-21-18(20)5-4-10-24-21/h4-7,10-13,15,26H,8-9H2,1-3H3,(H,25,27). The first-order chi connectivity index (χ1) is 13.4. The topological polar surface area (TPSA) is 71.5 Å². The van der Waals surface area contributed by atoms with E-state index in [4.69, 9.17) is 4.74 Å². The smallest absolute Gasteiger partial charge is 0.252 e. The fourth-order valence-corrected chi connectivity index (χ4v) is 3.69. The molecule has 0 radical (unpaired) electrons. The number of nitrogens with zero attached hydrogens (tertiary/aromatic N) is 1. The largest absolute Gasteiger partial charge is 0.497 e. The number of fused-ring (bicyclic) bond motifs is 1. The fourth-order valence-electron chi connectivity index (χ4n) is 3.69. The summed E-state index contributed by atoms with van der Waals surface area (Å²) >= 11 is 0. The van der Waals surface area contributed by atoms with Crippen molar-refractivity contribution in [2.45, 2.75) is 38.3 Å². The lowest BCUT2D eigenvalue weighted by atomic mass is 9.94. The molecule has 4 rings (SSSR count). The van der Waals surface area contributed by atoms with Crippen molar-refractivity contribution in [2.75, 3.05) is 7.11 Å². The first-order valence-electron chi connectivity index (χ1n) is 9.48. The molecule has 1 aromatic heterocycles. The Morgan fingerprint density at radius 2 is 2.04 bits per heavy atom. The van der Waals surface area contributed by atoms with Crippen molar-refractivity contribution < 1.29 is 14.6 Å². The summed E-state index contributed by atoms with van der Waals surface area (Å²) in [4.78, 5) is 17.5.